The van der Waals surface area contributed by atoms with Crippen LogP contribution in [0.4, 0.5) is 13.2 Å². The number of hydrogen-bond acceptors (Lipinski definition) is 6. The molecular formula is C30H16F3NO6. The second-order valence-electron chi connectivity index (χ2n) is 9.03. The normalized spacial score (nSPS) is 13.2. The first-order valence-electron chi connectivity index (χ1n) is 12.0. The fourth-order valence-corrected chi connectivity index (χ4v) is 4.80. The summed E-state index contributed by atoms with van der Waals surface area (Å²) in [7, 11) is 0. The Labute approximate surface area is 223 Å². The van der Waals surface area contributed by atoms with Crippen LogP contribution in [0.5, 0.6) is 5.75 Å². The molecule has 1 aliphatic heterocycles. The van der Waals surface area contributed by atoms with Gasteiger partial charge in [0.15, 0.2) is 0 Å². The van der Waals surface area contributed by atoms with Crippen LogP contribution in [0.3, 0.4) is 0 Å². The lowest BCUT2D eigenvalue weighted by molar-refractivity contribution is -0.152. The van der Waals surface area contributed by atoms with Crippen molar-refractivity contribution in [1.82, 2.24) is 4.90 Å². The zero-order valence-corrected chi connectivity index (χ0v) is 20.3. The molecule has 0 saturated heterocycles. The van der Waals surface area contributed by atoms with Crippen LogP contribution in [0.15, 0.2) is 94.1 Å². The summed E-state index contributed by atoms with van der Waals surface area (Å²) in [6.45, 7) is -0.720. The summed E-state index contributed by atoms with van der Waals surface area (Å²) >= 11 is 0. The third-order valence-electron chi connectivity index (χ3n) is 6.58. The first-order chi connectivity index (χ1) is 19.1. The predicted molar refractivity (Wildman–Crippen MR) is 138 cm³/mol. The number of halogens is 3. The molecule has 7 nitrogen and oxygen atoms in total. The number of alkyl halides is 3. The molecule has 2 amide bonds. The van der Waals surface area contributed by atoms with Crippen molar-refractivity contribution in [3.05, 3.63) is 112 Å². The molecule has 0 unspecified atom stereocenters. The van der Waals surface area contributed by atoms with Crippen LogP contribution < -0.4 is 10.2 Å². The van der Waals surface area contributed by atoms with Gasteiger partial charge in [0.2, 0.25) is 11.2 Å². The van der Waals surface area contributed by atoms with Crippen molar-refractivity contribution in [1.29, 1.82) is 0 Å². The van der Waals surface area contributed by atoms with Crippen LogP contribution in [-0.4, -0.2) is 29.2 Å². The summed E-state index contributed by atoms with van der Waals surface area (Å²) in [5, 5.41) is 0.935. The van der Waals surface area contributed by atoms with E-state index in [-0.39, 0.29) is 27.8 Å². The zero-order valence-electron chi connectivity index (χ0n) is 20.3. The van der Waals surface area contributed by atoms with E-state index in [4.69, 9.17) is 9.15 Å². The Bertz CT molecular complexity index is 1900. The molecule has 40 heavy (non-hydrogen) atoms. The summed E-state index contributed by atoms with van der Waals surface area (Å²) in [6, 6.07) is 20.9. The van der Waals surface area contributed by atoms with E-state index < -0.39 is 52.8 Å². The molecule has 5 aromatic rings. The largest absolute Gasteiger partial charge is 0.450 e. The SMILES string of the molecule is O=C(CN1C(=O)c2ccccc2C1=O)Oc1ccc2c(=O)c(-c3cccc4ccccc34)c(C(F)(F)F)oc2c1. The summed E-state index contributed by atoms with van der Waals surface area (Å²) in [5.74, 6) is -4.07. The maximum Gasteiger partial charge on any atom is 0.450 e. The van der Waals surface area contributed by atoms with Gasteiger partial charge in [-0.25, -0.2) is 4.79 Å². The van der Waals surface area contributed by atoms with Crippen molar-refractivity contribution in [2.45, 2.75) is 6.18 Å². The number of rotatable bonds is 4. The van der Waals surface area contributed by atoms with Crippen molar-refractivity contribution in [3.63, 3.8) is 0 Å². The van der Waals surface area contributed by atoms with E-state index in [0.29, 0.717) is 15.7 Å². The molecule has 0 bridgehead atoms. The average Bonchev–Trinajstić information content (AvgIpc) is 3.17. The molecule has 0 N–H and O–H groups in total. The number of carbonyl (C=O) groups is 3. The minimum Gasteiger partial charge on any atom is -0.450 e. The molecule has 2 heterocycles. The molecular weight excluding hydrogens is 527 g/mol. The number of amides is 2. The van der Waals surface area contributed by atoms with E-state index in [2.05, 4.69) is 0 Å². The van der Waals surface area contributed by atoms with Crippen LogP contribution in [0.2, 0.25) is 0 Å². The Kier molecular flexibility index (Phi) is 5.76. The first kappa shape index (κ1) is 25.1. The number of carbonyl (C=O) groups excluding carboxylic acids is 3. The Balaban J connectivity index is 1.36. The van der Waals surface area contributed by atoms with Crippen molar-refractivity contribution in [3.8, 4) is 16.9 Å². The second kappa shape index (κ2) is 9.19. The molecule has 6 rings (SSSR count). The predicted octanol–water partition coefficient (Wildman–Crippen LogP) is 5.83. The Morgan fingerprint density at radius 1 is 0.775 bits per heavy atom. The molecule has 0 spiro atoms. The number of esters is 1. The van der Waals surface area contributed by atoms with E-state index in [1.54, 1.807) is 48.5 Å². The van der Waals surface area contributed by atoms with Gasteiger partial charge in [0.1, 0.15) is 17.9 Å². The van der Waals surface area contributed by atoms with Crippen molar-refractivity contribution >= 4 is 39.5 Å². The highest BCUT2D eigenvalue weighted by molar-refractivity contribution is 6.22. The number of hydrogen-bond donors (Lipinski definition) is 0. The van der Waals surface area contributed by atoms with E-state index in [0.717, 1.165) is 6.07 Å². The highest BCUT2D eigenvalue weighted by Gasteiger charge is 2.40. The van der Waals surface area contributed by atoms with Gasteiger partial charge >= 0.3 is 12.1 Å². The summed E-state index contributed by atoms with van der Waals surface area (Å²) in [6.07, 6.45) is -5.02. The molecule has 1 aromatic heterocycles. The van der Waals surface area contributed by atoms with Gasteiger partial charge < -0.3 is 9.15 Å². The fraction of sp³-hybridized carbons (Fsp3) is 0.0667. The Morgan fingerprint density at radius 2 is 1.40 bits per heavy atom. The maximum absolute atomic E-state index is 14.2. The molecule has 198 valence electrons. The standard InChI is InChI=1S/C30H16F3NO6/c31-30(32,33)27-25(19-11-5-7-16-6-1-2-8-18(16)19)26(36)22-13-12-17(14-23(22)40-27)39-24(35)15-34-28(37)20-9-3-4-10-21(20)29(34)38/h1-14H,15H2. The van der Waals surface area contributed by atoms with E-state index in [1.807, 2.05) is 0 Å². The Morgan fingerprint density at radius 3 is 2.10 bits per heavy atom. The van der Waals surface area contributed by atoms with Gasteiger partial charge in [-0.1, -0.05) is 54.6 Å². The second-order valence-corrected chi connectivity index (χ2v) is 9.03. The molecule has 4 aromatic carbocycles. The Hall–Kier alpha value is -5.25. The lowest BCUT2D eigenvalue weighted by Gasteiger charge is -2.15. The highest BCUT2D eigenvalue weighted by Crippen LogP contribution is 2.40. The van der Waals surface area contributed by atoms with Gasteiger partial charge in [0.05, 0.1) is 22.1 Å². The molecule has 10 heteroatoms. The maximum atomic E-state index is 14.2. The zero-order chi connectivity index (χ0) is 28.2. The summed E-state index contributed by atoms with van der Waals surface area (Å²) in [5.41, 5.74) is -1.63. The van der Waals surface area contributed by atoms with Gasteiger partial charge in [-0.15, -0.1) is 0 Å². The lowest BCUT2D eigenvalue weighted by Crippen LogP contribution is -2.36. The third kappa shape index (κ3) is 4.10. The molecule has 1 aliphatic rings. The third-order valence-corrected chi connectivity index (χ3v) is 6.58. The number of fused-ring (bicyclic) bond motifs is 3. The van der Waals surface area contributed by atoms with Crippen LogP contribution in [0.25, 0.3) is 32.9 Å². The topological polar surface area (TPSA) is 93.9 Å². The fourth-order valence-electron chi connectivity index (χ4n) is 4.80. The van der Waals surface area contributed by atoms with Crippen molar-refractivity contribution in [2.75, 3.05) is 6.54 Å². The van der Waals surface area contributed by atoms with E-state index in [9.17, 15) is 32.3 Å². The van der Waals surface area contributed by atoms with Crippen LogP contribution in [0, 0.1) is 0 Å². The van der Waals surface area contributed by atoms with E-state index in [1.165, 1.54) is 30.3 Å². The summed E-state index contributed by atoms with van der Waals surface area (Å²) < 4.78 is 53.0. The summed E-state index contributed by atoms with van der Waals surface area (Å²) in [4.78, 5) is 51.7. The molecule has 0 aliphatic carbocycles. The van der Waals surface area contributed by atoms with Crippen molar-refractivity contribution < 1.29 is 36.7 Å². The van der Waals surface area contributed by atoms with Gasteiger partial charge in [-0.05, 0) is 40.6 Å². The van der Waals surface area contributed by atoms with E-state index >= 15 is 0 Å². The highest BCUT2D eigenvalue weighted by atomic mass is 19.4. The first-order valence-corrected chi connectivity index (χ1v) is 12.0. The number of ether oxygens (including phenoxy) is 1. The smallest absolute Gasteiger partial charge is 0.450 e. The number of benzene rings is 4. The van der Waals surface area contributed by atoms with Gasteiger partial charge in [-0.3, -0.25) is 19.3 Å². The number of nitrogens with zero attached hydrogens (tertiary/aromatic N) is 1. The minimum absolute atomic E-state index is 0.0672. The lowest BCUT2D eigenvalue weighted by atomic mass is 9.96. The number of imide groups is 1. The quantitative estimate of drug-likeness (QED) is 0.161. The van der Waals surface area contributed by atoms with Gasteiger partial charge in [0.25, 0.3) is 11.8 Å². The van der Waals surface area contributed by atoms with Crippen LogP contribution in [0.1, 0.15) is 26.5 Å². The van der Waals surface area contributed by atoms with Gasteiger partial charge in [-0.2, -0.15) is 13.2 Å². The van der Waals surface area contributed by atoms with Crippen molar-refractivity contribution in [2.24, 2.45) is 0 Å². The molecule has 0 saturated carbocycles. The average molecular weight is 543 g/mol. The van der Waals surface area contributed by atoms with Gasteiger partial charge in [0, 0.05) is 6.07 Å². The molecule has 0 radical (unpaired) electrons. The van der Waals surface area contributed by atoms with Crippen LogP contribution in [-0.2, 0) is 11.0 Å². The minimum atomic E-state index is -5.02. The molecule has 0 fully saturated rings. The van der Waals surface area contributed by atoms with Crippen LogP contribution >= 0.6 is 0 Å². The molecule has 0 atom stereocenters. The monoisotopic (exact) mass is 543 g/mol.